The summed E-state index contributed by atoms with van der Waals surface area (Å²) in [6, 6.07) is 3.18. The summed E-state index contributed by atoms with van der Waals surface area (Å²) in [5.41, 5.74) is 0.421. The number of halogens is 4. The van der Waals surface area contributed by atoms with E-state index in [0.717, 1.165) is 0 Å². The second-order valence-corrected chi connectivity index (χ2v) is 5.58. The Morgan fingerprint density at radius 1 is 1.24 bits per heavy atom. The molecule has 0 bridgehead atoms. The van der Waals surface area contributed by atoms with Crippen LogP contribution in [0, 0.1) is 0 Å². The summed E-state index contributed by atoms with van der Waals surface area (Å²) in [5.74, 6) is -0.0263. The van der Waals surface area contributed by atoms with E-state index in [-0.39, 0.29) is 11.3 Å². The number of alkyl halides is 3. The number of hydrogen-bond acceptors (Lipinski definition) is 2. The Balaban J connectivity index is 2.91. The van der Waals surface area contributed by atoms with Crippen molar-refractivity contribution < 1.29 is 17.9 Å². The van der Waals surface area contributed by atoms with Gasteiger partial charge in [-0.15, -0.1) is 0 Å². The molecule has 0 aromatic carbocycles. The van der Waals surface area contributed by atoms with Crippen LogP contribution in [0.2, 0.25) is 0 Å². The number of pyridine rings is 1. The Labute approximate surface area is 106 Å². The third-order valence-corrected chi connectivity index (χ3v) is 2.38. The summed E-state index contributed by atoms with van der Waals surface area (Å²) in [5, 5.41) is 0. The maximum Gasteiger partial charge on any atom is 0.422 e. The normalized spacial score (nSPS) is 12.6. The molecule has 0 aliphatic carbocycles. The molecule has 96 valence electrons. The monoisotopic (exact) mass is 311 g/mol. The lowest BCUT2D eigenvalue weighted by Gasteiger charge is -2.19. The van der Waals surface area contributed by atoms with Gasteiger partial charge in [0.15, 0.2) is 6.61 Å². The maximum absolute atomic E-state index is 12.0. The van der Waals surface area contributed by atoms with Crippen molar-refractivity contribution in [2.75, 3.05) is 6.61 Å². The zero-order valence-corrected chi connectivity index (χ0v) is 11.3. The molecule has 1 rings (SSSR count). The fraction of sp³-hybridized carbons (Fsp3) is 0.545. The van der Waals surface area contributed by atoms with Gasteiger partial charge in [-0.05, 0) is 6.07 Å². The lowest BCUT2D eigenvalue weighted by molar-refractivity contribution is -0.154. The smallest absolute Gasteiger partial charge is 0.422 e. The van der Waals surface area contributed by atoms with Gasteiger partial charge in [0.05, 0.1) is 5.69 Å². The van der Waals surface area contributed by atoms with E-state index in [1.807, 2.05) is 20.8 Å². The predicted molar refractivity (Wildman–Crippen MR) is 62.2 cm³/mol. The topological polar surface area (TPSA) is 22.1 Å². The molecular weight excluding hydrogens is 299 g/mol. The molecule has 2 nitrogen and oxygen atoms in total. The van der Waals surface area contributed by atoms with Gasteiger partial charge in [0.25, 0.3) is 0 Å². The van der Waals surface area contributed by atoms with Gasteiger partial charge in [-0.3, -0.25) is 0 Å². The van der Waals surface area contributed by atoms with Crippen molar-refractivity contribution in [3.05, 3.63) is 22.3 Å². The number of hydrogen-bond donors (Lipinski definition) is 0. The number of aromatic nitrogens is 1. The molecule has 0 saturated carbocycles. The van der Waals surface area contributed by atoms with Crippen molar-refractivity contribution in [3.8, 4) is 5.88 Å². The summed E-state index contributed by atoms with van der Waals surface area (Å²) in [6.45, 7) is 4.44. The zero-order valence-electron chi connectivity index (χ0n) is 9.73. The molecule has 1 heterocycles. The molecule has 6 heteroatoms. The second-order valence-electron chi connectivity index (χ2n) is 4.66. The van der Waals surface area contributed by atoms with E-state index < -0.39 is 12.8 Å². The molecular formula is C11H13BrF3NO. The molecule has 0 aliphatic rings. The van der Waals surface area contributed by atoms with Gasteiger partial charge in [-0.2, -0.15) is 13.2 Å². The number of ether oxygens (including phenoxy) is 1. The van der Waals surface area contributed by atoms with Crippen molar-refractivity contribution in [2.45, 2.75) is 32.4 Å². The summed E-state index contributed by atoms with van der Waals surface area (Å²) < 4.78 is 41.3. The van der Waals surface area contributed by atoms with E-state index in [1.54, 1.807) is 6.07 Å². The Bertz CT molecular complexity index is 399. The molecule has 0 amide bonds. The third-order valence-electron chi connectivity index (χ3n) is 1.92. The van der Waals surface area contributed by atoms with Crippen LogP contribution in [0.1, 0.15) is 26.5 Å². The summed E-state index contributed by atoms with van der Waals surface area (Å²) >= 11 is 3.22. The number of rotatable bonds is 2. The first kappa shape index (κ1) is 14.3. The van der Waals surface area contributed by atoms with E-state index in [1.165, 1.54) is 6.07 Å². The molecule has 0 N–H and O–H groups in total. The SMILES string of the molecule is CC(C)(C)c1cc(Br)cc(OCC(F)(F)F)n1. The predicted octanol–water partition coefficient (Wildman–Crippen LogP) is 4.08. The Morgan fingerprint density at radius 3 is 2.29 bits per heavy atom. The number of nitrogens with zero attached hydrogens (tertiary/aromatic N) is 1. The third kappa shape index (κ3) is 4.93. The van der Waals surface area contributed by atoms with Crippen molar-refractivity contribution >= 4 is 15.9 Å². The van der Waals surface area contributed by atoms with Crippen LogP contribution in [0.4, 0.5) is 13.2 Å². The lowest BCUT2D eigenvalue weighted by Crippen LogP contribution is -2.20. The molecule has 1 aromatic heterocycles. The average molecular weight is 312 g/mol. The van der Waals surface area contributed by atoms with Crippen LogP contribution in [-0.2, 0) is 5.41 Å². The zero-order chi connectivity index (χ0) is 13.3. The first-order valence-corrected chi connectivity index (χ1v) is 5.75. The van der Waals surface area contributed by atoms with Crippen LogP contribution in [0.15, 0.2) is 16.6 Å². The van der Waals surface area contributed by atoms with E-state index in [0.29, 0.717) is 10.2 Å². The van der Waals surface area contributed by atoms with Crippen LogP contribution < -0.4 is 4.74 Å². The first-order chi connectivity index (χ1) is 7.58. The van der Waals surface area contributed by atoms with Crippen LogP contribution in [0.3, 0.4) is 0 Å². The molecule has 0 aliphatic heterocycles. The minimum absolute atomic E-state index is 0.0263. The average Bonchev–Trinajstić information content (AvgIpc) is 2.11. The van der Waals surface area contributed by atoms with Crippen LogP contribution in [0.25, 0.3) is 0 Å². The Kier molecular flexibility index (Phi) is 4.06. The molecule has 0 saturated heterocycles. The second kappa shape index (κ2) is 4.84. The first-order valence-electron chi connectivity index (χ1n) is 4.95. The lowest BCUT2D eigenvalue weighted by atomic mass is 9.92. The Hall–Kier alpha value is -0.780. The highest BCUT2D eigenvalue weighted by molar-refractivity contribution is 9.10. The molecule has 0 atom stereocenters. The van der Waals surface area contributed by atoms with Gasteiger partial charge in [-0.25, -0.2) is 4.98 Å². The van der Waals surface area contributed by atoms with Gasteiger partial charge in [0.2, 0.25) is 5.88 Å². The summed E-state index contributed by atoms with van der Waals surface area (Å²) in [7, 11) is 0. The highest BCUT2D eigenvalue weighted by Crippen LogP contribution is 2.27. The maximum atomic E-state index is 12.0. The van der Waals surface area contributed by atoms with Gasteiger partial charge in [0.1, 0.15) is 0 Å². The minimum Gasteiger partial charge on any atom is -0.468 e. The molecule has 0 fully saturated rings. The fourth-order valence-electron chi connectivity index (χ4n) is 1.09. The van der Waals surface area contributed by atoms with Crippen LogP contribution in [0.5, 0.6) is 5.88 Å². The molecule has 0 spiro atoms. The van der Waals surface area contributed by atoms with Gasteiger partial charge in [-0.1, -0.05) is 36.7 Å². The minimum atomic E-state index is -4.36. The summed E-state index contributed by atoms with van der Waals surface area (Å²) in [4.78, 5) is 4.06. The van der Waals surface area contributed by atoms with Crippen molar-refractivity contribution in [2.24, 2.45) is 0 Å². The largest absolute Gasteiger partial charge is 0.468 e. The summed E-state index contributed by atoms with van der Waals surface area (Å²) in [6.07, 6.45) is -4.36. The quantitative estimate of drug-likeness (QED) is 0.821. The molecule has 0 radical (unpaired) electrons. The van der Waals surface area contributed by atoms with Crippen molar-refractivity contribution in [3.63, 3.8) is 0 Å². The van der Waals surface area contributed by atoms with Crippen LogP contribution in [-0.4, -0.2) is 17.8 Å². The highest BCUT2D eigenvalue weighted by atomic mass is 79.9. The van der Waals surface area contributed by atoms with E-state index >= 15 is 0 Å². The molecule has 17 heavy (non-hydrogen) atoms. The van der Waals surface area contributed by atoms with Gasteiger partial charge < -0.3 is 4.74 Å². The molecule has 0 unspecified atom stereocenters. The van der Waals surface area contributed by atoms with E-state index in [4.69, 9.17) is 0 Å². The molecule has 1 aromatic rings. The van der Waals surface area contributed by atoms with Crippen LogP contribution >= 0.6 is 15.9 Å². The standard InChI is InChI=1S/C11H13BrF3NO/c1-10(2,3)8-4-7(12)5-9(16-8)17-6-11(13,14)15/h4-5H,6H2,1-3H3. The fourth-order valence-corrected chi connectivity index (χ4v) is 1.50. The van der Waals surface area contributed by atoms with Gasteiger partial charge in [0, 0.05) is 16.0 Å². The van der Waals surface area contributed by atoms with E-state index in [9.17, 15) is 13.2 Å². The highest BCUT2D eigenvalue weighted by Gasteiger charge is 2.29. The van der Waals surface area contributed by atoms with Gasteiger partial charge >= 0.3 is 6.18 Å². The van der Waals surface area contributed by atoms with Crippen molar-refractivity contribution in [1.82, 2.24) is 4.98 Å². The Morgan fingerprint density at radius 2 is 1.82 bits per heavy atom. The van der Waals surface area contributed by atoms with Crippen molar-refractivity contribution in [1.29, 1.82) is 0 Å². The van der Waals surface area contributed by atoms with E-state index in [2.05, 4.69) is 25.7 Å².